The molecule has 0 heterocycles. The summed E-state index contributed by atoms with van der Waals surface area (Å²) < 4.78 is 5.82. The normalized spacial score (nSPS) is 11.2. The zero-order valence-corrected chi connectivity index (χ0v) is 16.3. The molecule has 5 nitrogen and oxygen atoms in total. The number of carbonyl (C=O) groups is 2. The van der Waals surface area contributed by atoms with E-state index in [9.17, 15) is 9.59 Å². The molecule has 0 aromatic heterocycles. The number of rotatable bonds is 10. The molecule has 0 saturated heterocycles. The van der Waals surface area contributed by atoms with Crippen molar-refractivity contribution in [3.8, 4) is 11.8 Å². The van der Waals surface area contributed by atoms with Gasteiger partial charge in [0.25, 0.3) is 0 Å². The minimum Gasteiger partial charge on any atom is -0.493 e. The van der Waals surface area contributed by atoms with Gasteiger partial charge in [0, 0.05) is 12.0 Å². The molecule has 29 heavy (non-hydrogen) atoms. The summed E-state index contributed by atoms with van der Waals surface area (Å²) in [7, 11) is 0. The molecular formula is C24H23NO4. The van der Waals surface area contributed by atoms with Crippen LogP contribution in [0.1, 0.15) is 41.5 Å². The first-order valence-corrected chi connectivity index (χ1v) is 9.32. The molecule has 2 rings (SSSR count). The molecule has 0 radical (unpaired) electrons. The lowest BCUT2D eigenvalue weighted by Gasteiger charge is -2.10. The van der Waals surface area contributed by atoms with Gasteiger partial charge < -0.3 is 9.84 Å². The minimum atomic E-state index is -0.832. The van der Waals surface area contributed by atoms with Crippen LogP contribution in [0.3, 0.4) is 0 Å². The van der Waals surface area contributed by atoms with E-state index >= 15 is 0 Å². The third kappa shape index (κ3) is 7.47. The zero-order chi connectivity index (χ0) is 21.1. The number of benzene rings is 2. The van der Waals surface area contributed by atoms with E-state index in [0.717, 1.165) is 11.1 Å². The van der Waals surface area contributed by atoms with Crippen molar-refractivity contribution >= 4 is 30.5 Å². The van der Waals surface area contributed by atoms with Gasteiger partial charge in [0.05, 0.1) is 12.2 Å². The van der Waals surface area contributed by atoms with Gasteiger partial charge in [0.15, 0.2) is 6.29 Å². The summed E-state index contributed by atoms with van der Waals surface area (Å²) in [5, 5.41) is 17.7. The molecule has 1 N–H and O–H groups in total. The zero-order valence-electron chi connectivity index (χ0n) is 16.3. The van der Waals surface area contributed by atoms with E-state index < -0.39 is 5.97 Å². The fourth-order valence-electron chi connectivity index (χ4n) is 2.59. The van der Waals surface area contributed by atoms with E-state index in [1.807, 2.05) is 61.5 Å². The summed E-state index contributed by atoms with van der Waals surface area (Å²) in [5.41, 5.74) is 3.81. The van der Waals surface area contributed by atoms with E-state index in [1.165, 1.54) is 11.6 Å². The number of nitrogens with zero attached hydrogens (tertiary/aromatic N) is 1. The molecule has 0 aliphatic carbocycles. The highest BCUT2D eigenvalue weighted by atomic mass is 16.5. The Labute approximate surface area is 170 Å². The van der Waals surface area contributed by atoms with Crippen molar-refractivity contribution in [2.75, 3.05) is 6.61 Å². The third-order valence-corrected chi connectivity index (χ3v) is 4.19. The molecule has 0 aliphatic rings. The third-order valence-electron chi connectivity index (χ3n) is 4.19. The van der Waals surface area contributed by atoms with E-state index in [2.05, 4.69) is 0 Å². The first-order chi connectivity index (χ1) is 14.0. The largest absolute Gasteiger partial charge is 0.493 e. The fourth-order valence-corrected chi connectivity index (χ4v) is 2.59. The lowest BCUT2D eigenvalue weighted by atomic mass is 10.1. The first kappa shape index (κ1) is 21.6. The van der Waals surface area contributed by atoms with Crippen LogP contribution in [0, 0.1) is 18.3 Å². The maximum Gasteiger partial charge on any atom is 0.303 e. The van der Waals surface area contributed by atoms with Crippen LogP contribution in [0.4, 0.5) is 0 Å². The highest BCUT2D eigenvalue weighted by Crippen LogP contribution is 2.25. The maximum absolute atomic E-state index is 11.0. The average molecular weight is 389 g/mol. The second kappa shape index (κ2) is 11.3. The number of hydrogen-bond acceptors (Lipinski definition) is 4. The minimum absolute atomic E-state index is 0.00340. The number of ether oxygens (including phenoxy) is 1. The van der Waals surface area contributed by atoms with Gasteiger partial charge in [-0.25, -0.2) is 0 Å². The topological polar surface area (TPSA) is 87.4 Å². The van der Waals surface area contributed by atoms with Crippen molar-refractivity contribution in [2.45, 2.75) is 26.2 Å². The predicted octanol–water partition coefficient (Wildman–Crippen LogP) is 4.91. The van der Waals surface area contributed by atoms with Crippen LogP contribution in [0.15, 0.2) is 48.0 Å². The lowest BCUT2D eigenvalue weighted by molar-refractivity contribution is -0.137. The molecule has 0 unspecified atom stereocenters. The number of unbranched alkanes of at least 4 members (excludes halogenated alkanes) is 1. The van der Waals surface area contributed by atoms with E-state index in [-0.39, 0.29) is 12.0 Å². The average Bonchev–Trinajstić information content (AvgIpc) is 2.72. The second-order valence-corrected chi connectivity index (χ2v) is 6.57. The van der Waals surface area contributed by atoms with Gasteiger partial charge in [-0.1, -0.05) is 54.1 Å². The van der Waals surface area contributed by atoms with Crippen molar-refractivity contribution in [1.29, 1.82) is 5.26 Å². The molecule has 0 spiro atoms. The second-order valence-electron chi connectivity index (χ2n) is 6.57. The number of carboxylic acids is 1. The SMILES string of the molecule is Cc1ccc(/C=C/c2ccc(/C=C(\C#N)C=O)c(OCCCCC(=O)O)c2)cc1. The Hall–Kier alpha value is -3.65. The summed E-state index contributed by atoms with van der Waals surface area (Å²) in [4.78, 5) is 21.6. The summed E-state index contributed by atoms with van der Waals surface area (Å²) in [6.45, 7) is 2.39. The number of nitriles is 1. The predicted molar refractivity (Wildman–Crippen MR) is 113 cm³/mol. The van der Waals surface area contributed by atoms with Gasteiger partial charge in [-0.05, 0) is 43.0 Å². The van der Waals surface area contributed by atoms with Crippen LogP contribution in [-0.4, -0.2) is 24.0 Å². The standard InChI is InChI=1S/C24H23NO4/c1-18-5-7-19(8-6-18)9-10-20-11-12-22(14-21(16-25)17-26)23(15-20)29-13-3-2-4-24(27)28/h5-12,14-15,17H,2-4,13H2,1H3,(H,27,28)/b10-9+,21-14+. The molecule has 0 atom stereocenters. The summed E-state index contributed by atoms with van der Waals surface area (Å²) >= 11 is 0. The summed E-state index contributed by atoms with van der Waals surface area (Å²) in [6, 6.07) is 15.5. The van der Waals surface area contributed by atoms with Crippen LogP contribution < -0.4 is 4.74 Å². The van der Waals surface area contributed by atoms with Crippen LogP contribution in [-0.2, 0) is 9.59 Å². The maximum atomic E-state index is 11.0. The van der Waals surface area contributed by atoms with E-state index in [1.54, 1.807) is 6.07 Å². The molecule has 0 amide bonds. The Morgan fingerprint density at radius 1 is 1.10 bits per heavy atom. The van der Waals surface area contributed by atoms with Gasteiger partial charge in [-0.3, -0.25) is 9.59 Å². The quantitative estimate of drug-likeness (QED) is 0.205. The summed E-state index contributed by atoms with van der Waals surface area (Å²) in [6.07, 6.45) is 7.14. The van der Waals surface area contributed by atoms with E-state index in [0.29, 0.717) is 37.0 Å². The van der Waals surface area contributed by atoms with Gasteiger partial charge in [0.1, 0.15) is 11.8 Å². The highest BCUT2D eigenvalue weighted by molar-refractivity contribution is 5.87. The van der Waals surface area contributed by atoms with Crippen LogP contribution in [0.5, 0.6) is 5.75 Å². The summed E-state index contributed by atoms with van der Waals surface area (Å²) in [5.74, 6) is -0.289. The van der Waals surface area contributed by atoms with Gasteiger partial charge in [-0.15, -0.1) is 0 Å². The van der Waals surface area contributed by atoms with Crippen LogP contribution in [0.25, 0.3) is 18.2 Å². The van der Waals surface area contributed by atoms with Crippen LogP contribution >= 0.6 is 0 Å². The Balaban J connectivity index is 2.20. The van der Waals surface area contributed by atoms with Gasteiger partial charge in [0.2, 0.25) is 0 Å². The fraction of sp³-hybridized carbons (Fsp3) is 0.208. The molecule has 148 valence electrons. The number of aliphatic carboxylic acids is 1. The van der Waals surface area contributed by atoms with Gasteiger partial charge >= 0.3 is 5.97 Å². The van der Waals surface area contributed by atoms with Crippen molar-refractivity contribution in [2.24, 2.45) is 0 Å². The molecule has 0 saturated carbocycles. The molecule has 5 heteroatoms. The van der Waals surface area contributed by atoms with Crippen molar-refractivity contribution in [3.63, 3.8) is 0 Å². The molecule has 0 aliphatic heterocycles. The van der Waals surface area contributed by atoms with E-state index in [4.69, 9.17) is 15.1 Å². The first-order valence-electron chi connectivity index (χ1n) is 9.32. The Morgan fingerprint density at radius 2 is 1.79 bits per heavy atom. The molecule has 2 aromatic rings. The molecular weight excluding hydrogens is 366 g/mol. The van der Waals surface area contributed by atoms with Crippen molar-refractivity contribution in [1.82, 2.24) is 0 Å². The molecule has 2 aromatic carbocycles. The number of aldehydes is 1. The molecule has 0 fully saturated rings. The number of carboxylic acid groups (broad SMARTS) is 1. The number of carbonyl (C=O) groups excluding carboxylic acids is 1. The molecule has 0 bridgehead atoms. The van der Waals surface area contributed by atoms with Crippen molar-refractivity contribution < 1.29 is 19.4 Å². The lowest BCUT2D eigenvalue weighted by Crippen LogP contribution is -2.01. The Morgan fingerprint density at radius 3 is 2.45 bits per heavy atom. The number of hydrogen-bond donors (Lipinski definition) is 1. The number of aryl methyl sites for hydroxylation is 1. The number of allylic oxidation sites excluding steroid dienone is 1. The van der Waals surface area contributed by atoms with Crippen molar-refractivity contribution in [3.05, 3.63) is 70.3 Å². The van der Waals surface area contributed by atoms with Crippen LogP contribution in [0.2, 0.25) is 0 Å². The monoisotopic (exact) mass is 389 g/mol. The van der Waals surface area contributed by atoms with Gasteiger partial charge in [-0.2, -0.15) is 5.26 Å². The Bertz CT molecular complexity index is 950. The highest BCUT2D eigenvalue weighted by Gasteiger charge is 2.05. The smallest absolute Gasteiger partial charge is 0.303 e. The Kier molecular flexibility index (Phi) is 8.40.